The Morgan fingerprint density at radius 1 is 0.750 bits per heavy atom. The van der Waals surface area contributed by atoms with Gasteiger partial charge in [0.2, 0.25) is 0 Å². The first-order valence-corrected chi connectivity index (χ1v) is 15.1. The van der Waals surface area contributed by atoms with E-state index in [1.165, 1.54) is 4.90 Å². The molecule has 44 heavy (non-hydrogen) atoms. The SMILES string of the molecule is COCOC[C@@H](CCN1C(=O)c2ccccc2C1=O)[C@@H]1O[C@H]1CCOC(c1ccccc1)(c1ccccc1)c1ccccc1. The molecule has 0 aliphatic carbocycles. The highest BCUT2D eigenvalue weighted by atomic mass is 16.7. The highest BCUT2D eigenvalue weighted by Gasteiger charge is 2.46. The molecule has 0 spiro atoms. The lowest BCUT2D eigenvalue weighted by atomic mass is 9.80. The van der Waals surface area contributed by atoms with Crippen LogP contribution in [0, 0.1) is 5.92 Å². The molecule has 2 aliphatic heterocycles. The Kier molecular flexibility index (Phi) is 9.28. The van der Waals surface area contributed by atoms with E-state index in [9.17, 15) is 9.59 Å². The van der Waals surface area contributed by atoms with E-state index in [1.54, 1.807) is 31.4 Å². The van der Waals surface area contributed by atoms with E-state index >= 15 is 0 Å². The molecule has 1 fully saturated rings. The van der Waals surface area contributed by atoms with Crippen LogP contribution in [-0.2, 0) is 24.5 Å². The van der Waals surface area contributed by atoms with Gasteiger partial charge in [0.1, 0.15) is 12.4 Å². The summed E-state index contributed by atoms with van der Waals surface area (Å²) in [5.74, 6) is -0.507. The zero-order valence-corrected chi connectivity index (χ0v) is 24.8. The summed E-state index contributed by atoms with van der Waals surface area (Å²) in [5.41, 5.74) is 3.29. The minimum atomic E-state index is -0.791. The Hall–Kier alpha value is -4.14. The number of methoxy groups -OCH3 is 1. The molecule has 2 heterocycles. The fourth-order valence-electron chi connectivity index (χ4n) is 6.26. The van der Waals surface area contributed by atoms with Crippen LogP contribution in [0.5, 0.6) is 0 Å². The average molecular weight is 592 g/mol. The Morgan fingerprint density at radius 3 is 1.75 bits per heavy atom. The van der Waals surface area contributed by atoms with Crippen molar-refractivity contribution in [2.24, 2.45) is 5.92 Å². The molecular formula is C37H37NO6. The number of hydrogen-bond donors (Lipinski definition) is 0. The van der Waals surface area contributed by atoms with E-state index < -0.39 is 5.60 Å². The molecule has 2 amide bonds. The zero-order chi connectivity index (χ0) is 30.4. The van der Waals surface area contributed by atoms with Gasteiger partial charge in [-0.3, -0.25) is 14.5 Å². The second-order valence-electron chi connectivity index (χ2n) is 11.2. The first kappa shape index (κ1) is 29.9. The van der Waals surface area contributed by atoms with Gasteiger partial charge in [-0.2, -0.15) is 0 Å². The molecule has 7 heteroatoms. The number of imide groups is 1. The number of rotatable bonds is 15. The van der Waals surface area contributed by atoms with Crippen LogP contribution in [0.25, 0.3) is 0 Å². The van der Waals surface area contributed by atoms with Crippen LogP contribution >= 0.6 is 0 Å². The minimum absolute atomic E-state index is 0.0124. The van der Waals surface area contributed by atoms with Gasteiger partial charge in [-0.25, -0.2) is 0 Å². The van der Waals surface area contributed by atoms with E-state index in [0.717, 1.165) is 16.7 Å². The van der Waals surface area contributed by atoms with Crippen molar-refractivity contribution in [1.82, 2.24) is 4.90 Å². The third-order valence-electron chi connectivity index (χ3n) is 8.48. The molecule has 0 unspecified atom stereocenters. The molecule has 0 aromatic heterocycles. The molecular weight excluding hydrogens is 554 g/mol. The molecule has 0 radical (unpaired) electrons. The van der Waals surface area contributed by atoms with Crippen molar-refractivity contribution in [2.45, 2.75) is 30.7 Å². The molecule has 1 saturated heterocycles. The first-order chi connectivity index (χ1) is 21.6. The second kappa shape index (κ2) is 13.7. The summed E-state index contributed by atoms with van der Waals surface area (Å²) in [6.07, 6.45) is 1.17. The lowest BCUT2D eigenvalue weighted by molar-refractivity contribution is -0.0475. The van der Waals surface area contributed by atoms with Crippen LogP contribution in [0.15, 0.2) is 115 Å². The number of nitrogens with zero attached hydrogens (tertiary/aromatic N) is 1. The number of ether oxygens (including phenoxy) is 4. The number of amides is 2. The topological polar surface area (TPSA) is 77.6 Å². The molecule has 4 aromatic rings. The number of carbonyl (C=O) groups excluding carboxylic acids is 2. The van der Waals surface area contributed by atoms with Crippen molar-refractivity contribution in [3.05, 3.63) is 143 Å². The average Bonchev–Trinajstić information content (AvgIpc) is 3.81. The molecule has 4 aromatic carbocycles. The molecule has 226 valence electrons. The monoisotopic (exact) mass is 591 g/mol. The Morgan fingerprint density at radius 2 is 1.25 bits per heavy atom. The maximum Gasteiger partial charge on any atom is 0.261 e. The second-order valence-corrected chi connectivity index (χ2v) is 11.2. The van der Waals surface area contributed by atoms with Gasteiger partial charge >= 0.3 is 0 Å². The highest BCUT2D eigenvalue weighted by molar-refractivity contribution is 6.21. The Bertz CT molecular complexity index is 1410. The molecule has 7 nitrogen and oxygen atoms in total. The van der Waals surface area contributed by atoms with Crippen LogP contribution in [-0.4, -0.2) is 62.6 Å². The molecule has 0 saturated carbocycles. The third-order valence-corrected chi connectivity index (χ3v) is 8.48. The molecule has 0 bridgehead atoms. The van der Waals surface area contributed by atoms with Gasteiger partial charge in [-0.05, 0) is 41.7 Å². The quantitative estimate of drug-likeness (QED) is 0.0549. The van der Waals surface area contributed by atoms with Crippen molar-refractivity contribution < 1.29 is 28.5 Å². The number of fused-ring (bicyclic) bond motifs is 1. The summed E-state index contributed by atoms with van der Waals surface area (Å²) in [4.78, 5) is 27.2. The molecule has 6 rings (SSSR count). The summed E-state index contributed by atoms with van der Waals surface area (Å²) in [6, 6.07) is 37.9. The lowest BCUT2D eigenvalue weighted by Gasteiger charge is -2.36. The van der Waals surface area contributed by atoms with Crippen molar-refractivity contribution in [2.75, 3.05) is 33.7 Å². The van der Waals surface area contributed by atoms with Crippen LogP contribution in [0.1, 0.15) is 50.2 Å². The van der Waals surface area contributed by atoms with Crippen molar-refractivity contribution in [1.29, 1.82) is 0 Å². The van der Waals surface area contributed by atoms with Crippen molar-refractivity contribution in [3.8, 4) is 0 Å². The van der Waals surface area contributed by atoms with E-state index in [0.29, 0.717) is 43.7 Å². The van der Waals surface area contributed by atoms with E-state index in [1.807, 2.05) is 54.6 Å². The summed E-state index contributed by atoms with van der Waals surface area (Å²) in [6.45, 7) is 1.33. The lowest BCUT2D eigenvalue weighted by Crippen LogP contribution is -2.34. The van der Waals surface area contributed by atoms with Gasteiger partial charge in [0, 0.05) is 19.6 Å². The maximum absolute atomic E-state index is 12.9. The highest BCUT2D eigenvalue weighted by Crippen LogP contribution is 2.42. The van der Waals surface area contributed by atoms with E-state index in [2.05, 4.69) is 36.4 Å². The summed E-state index contributed by atoms with van der Waals surface area (Å²) >= 11 is 0. The zero-order valence-electron chi connectivity index (χ0n) is 24.8. The van der Waals surface area contributed by atoms with Crippen LogP contribution in [0.2, 0.25) is 0 Å². The number of benzene rings is 4. The largest absolute Gasteiger partial charge is 0.369 e. The Labute approximate surface area is 258 Å². The molecule has 2 aliphatic rings. The van der Waals surface area contributed by atoms with Crippen molar-refractivity contribution >= 4 is 11.8 Å². The predicted octanol–water partition coefficient (Wildman–Crippen LogP) is 6.08. The van der Waals surface area contributed by atoms with Crippen molar-refractivity contribution in [3.63, 3.8) is 0 Å². The van der Waals surface area contributed by atoms with E-state index in [-0.39, 0.29) is 36.7 Å². The third kappa shape index (κ3) is 6.10. The van der Waals surface area contributed by atoms with Gasteiger partial charge in [-0.1, -0.05) is 103 Å². The van der Waals surface area contributed by atoms with Gasteiger partial charge in [-0.15, -0.1) is 0 Å². The van der Waals surface area contributed by atoms with Gasteiger partial charge < -0.3 is 18.9 Å². The number of hydrogen-bond acceptors (Lipinski definition) is 6. The predicted molar refractivity (Wildman–Crippen MR) is 166 cm³/mol. The molecule has 0 N–H and O–H groups in total. The number of carbonyl (C=O) groups is 2. The summed E-state index contributed by atoms with van der Waals surface area (Å²) in [7, 11) is 1.58. The van der Waals surface area contributed by atoms with Gasteiger partial charge in [0.05, 0.1) is 36.5 Å². The van der Waals surface area contributed by atoms with Gasteiger partial charge in [0.15, 0.2) is 0 Å². The van der Waals surface area contributed by atoms with Crippen LogP contribution in [0.3, 0.4) is 0 Å². The standard InChI is InChI=1S/C37H37NO6/c1-41-26-42-25-27(21-23-38-35(39)31-19-11-12-20-32(31)36(38)40)34-33(44-34)22-24-43-37(28-13-5-2-6-14-28,29-15-7-3-8-16-29)30-17-9-4-10-18-30/h2-20,27,33-34H,21-26H2,1H3/t27-,33+,34+/m1/s1. The smallest absolute Gasteiger partial charge is 0.261 e. The maximum atomic E-state index is 12.9. The fourth-order valence-corrected chi connectivity index (χ4v) is 6.26. The van der Waals surface area contributed by atoms with Gasteiger partial charge in [0.25, 0.3) is 11.8 Å². The molecule has 3 atom stereocenters. The fraction of sp³-hybridized carbons (Fsp3) is 0.297. The summed E-state index contributed by atoms with van der Waals surface area (Å²) < 4.78 is 24.0. The first-order valence-electron chi connectivity index (χ1n) is 15.1. The number of epoxide rings is 1. The normalized spacial score (nSPS) is 18.3. The van der Waals surface area contributed by atoms with E-state index in [4.69, 9.17) is 18.9 Å². The van der Waals surface area contributed by atoms with Crippen LogP contribution in [0.4, 0.5) is 0 Å². The van der Waals surface area contributed by atoms with Crippen LogP contribution < -0.4 is 0 Å². The Balaban J connectivity index is 1.15. The minimum Gasteiger partial charge on any atom is -0.369 e. The summed E-state index contributed by atoms with van der Waals surface area (Å²) in [5, 5.41) is 0.